The summed E-state index contributed by atoms with van der Waals surface area (Å²) in [6.45, 7) is 6.78. The Bertz CT molecular complexity index is 1840. The summed E-state index contributed by atoms with van der Waals surface area (Å²) >= 11 is 12.4. The molecule has 5 N–H and O–H groups in total. The third-order valence-corrected chi connectivity index (χ3v) is 8.57. The number of rotatable bonds is 6. The van der Waals surface area contributed by atoms with Gasteiger partial charge in [-0.1, -0.05) is 23.2 Å². The topological polar surface area (TPSA) is 194 Å². The summed E-state index contributed by atoms with van der Waals surface area (Å²) in [6.07, 6.45) is 6.50. The Morgan fingerprint density at radius 1 is 0.837 bits per heavy atom. The lowest BCUT2D eigenvalue weighted by molar-refractivity contribution is -0.143. The Morgan fingerprint density at radius 2 is 1.29 bits per heavy atom. The van der Waals surface area contributed by atoms with Crippen LogP contribution in [0.25, 0.3) is 22.8 Å². The third-order valence-electron chi connectivity index (χ3n) is 7.89. The maximum Gasteiger partial charge on any atom is 0.324 e. The summed E-state index contributed by atoms with van der Waals surface area (Å²) < 4.78 is 4.76. The zero-order chi connectivity index (χ0) is 34.4. The minimum Gasteiger partial charge on any atom is -0.468 e. The average molecular weight is 736 g/mol. The second-order valence-corrected chi connectivity index (χ2v) is 12.4. The highest BCUT2D eigenvalue weighted by Crippen LogP contribution is 2.26. The molecule has 2 aliphatic rings. The quantitative estimate of drug-likeness (QED) is 0.181. The molecule has 2 saturated heterocycles. The molecule has 0 aliphatic carbocycles. The first-order valence-electron chi connectivity index (χ1n) is 15.1. The molecule has 2 atom stereocenters. The number of aromatic nitrogens is 6. The van der Waals surface area contributed by atoms with Crippen molar-refractivity contribution in [1.82, 2.24) is 40.5 Å². The minimum atomic E-state index is -0.889. The van der Waals surface area contributed by atoms with Gasteiger partial charge in [0.15, 0.2) is 11.6 Å². The van der Waals surface area contributed by atoms with Crippen LogP contribution in [-0.2, 0) is 9.53 Å². The van der Waals surface area contributed by atoms with E-state index in [9.17, 15) is 19.5 Å². The van der Waals surface area contributed by atoms with Crippen LogP contribution in [0.2, 0.25) is 10.0 Å². The Hall–Kier alpha value is -4.12. The van der Waals surface area contributed by atoms with E-state index in [4.69, 9.17) is 27.9 Å². The molecule has 262 valence electrons. The van der Waals surface area contributed by atoms with Crippen LogP contribution in [0, 0.1) is 0 Å². The van der Waals surface area contributed by atoms with Crippen LogP contribution in [0.4, 0.5) is 11.6 Å². The summed E-state index contributed by atoms with van der Waals surface area (Å²) in [4.78, 5) is 62.2. The predicted molar refractivity (Wildman–Crippen MR) is 190 cm³/mol. The second-order valence-electron chi connectivity index (χ2n) is 11.7. The number of aromatic amines is 2. The van der Waals surface area contributed by atoms with Gasteiger partial charge in [-0.3, -0.25) is 24.4 Å². The van der Waals surface area contributed by atoms with Gasteiger partial charge in [0.05, 0.1) is 18.8 Å². The number of aliphatic hydroxyl groups is 1. The lowest BCUT2D eigenvalue weighted by Crippen LogP contribution is -2.59. The van der Waals surface area contributed by atoms with Gasteiger partial charge < -0.3 is 40.2 Å². The van der Waals surface area contributed by atoms with E-state index in [1.54, 1.807) is 67.8 Å². The monoisotopic (exact) mass is 734 g/mol. The fraction of sp³-hybridized carbons (Fsp3) is 0.387. The number of methoxy groups -OCH3 is 1. The Labute approximate surface area is 297 Å². The zero-order valence-corrected chi connectivity index (χ0v) is 29.3. The first kappa shape index (κ1) is 37.7. The van der Waals surface area contributed by atoms with Gasteiger partial charge in [-0.05, 0) is 38.1 Å². The van der Waals surface area contributed by atoms with E-state index in [1.807, 2.05) is 4.90 Å². The van der Waals surface area contributed by atoms with Crippen molar-refractivity contribution in [3.63, 3.8) is 0 Å². The largest absolute Gasteiger partial charge is 0.468 e. The van der Waals surface area contributed by atoms with E-state index < -0.39 is 17.2 Å². The lowest BCUT2D eigenvalue weighted by Gasteiger charge is -2.40. The second kappa shape index (κ2) is 16.5. The molecular weight excluding hydrogens is 699 g/mol. The fourth-order valence-electron chi connectivity index (χ4n) is 5.26. The SMILES string of the molecule is CC(C)(O)[C@@H]1CN(c2nc(-c3ccncc3)[nH]c(=O)c2Cl)CCN1.COC(=O)[C@@H]1CN(c2nc(-c3ccncc3)[nH]c(=O)c2Cl)CCN1.Cl. The van der Waals surface area contributed by atoms with E-state index >= 15 is 0 Å². The van der Waals surface area contributed by atoms with Crippen LogP contribution in [-0.4, -0.2) is 105 Å². The first-order chi connectivity index (χ1) is 23.0. The van der Waals surface area contributed by atoms with Gasteiger partial charge >= 0.3 is 5.97 Å². The Kier molecular flexibility index (Phi) is 12.7. The molecule has 6 rings (SSSR count). The highest BCUT2D eigenvalue weighted by molar-refractivity contribution is 6.33. The number of H-pyrrole nitrogens is 2. The summed E-state index contributed by atoms with van der Waals surface area (Å²) in [7, 11) is 1.34. The molecule has 4 aromatic rings. The molecular formula is C31H37Cl3N10O5. The summed E-state index contributed by atoms with van der Waals surface area (Å²) in [6, 6.07) is 6.38. The smallest absolute Gasteiger partial charge is 0.324 e. The first-order valence-corrected chi connectivity index (χ1v) is 15.9. The van der Waals surface area contributed by atoms with Gasteiger partial charge in [0, 0.05) is 75.2 Å². The van der Waals surface area contributed by atoms with Crippen molar-refractivity contribution >= 4 is 53.2 Å². The maximum absolute atomic E-state index is 12.2. The molecule has 6 heterocycles. The van der Waals surface area contributed by atoms with Crippen LogP contribution in [0.15, 0.2) is 58.6 Å². The molecule has 18 heteroatoms. The molecule has 0 saturated carbocycles. The summed E-state index contributed by atoms with van der Waals surface area (Å²) in [5, 5.41) is 16.7. The molecule has 2 fully saturated rings. The van der Waals surface area contributed by atoms with Crippen LogP contribution in [0.5, 0.6) is 0 Å². The molecule has 0 spiro atoms. The minimum absolute atomic E-state index is 0. The normalized spacial score (nSPS) is 17.8. The van der Waals surface area contributed by atoms with Gasteiger partial charge in [-0.15, -0.1) is 12.4 Å². The van der Waals surface area contributed by atoms with E-state index in [0.29, 0.717) is 62.6 Å². The molecule has 0 unspecified atom stereocenters. The number of halogens is 3. The van der Waals surface area contributed by atoms with E-state index in [2.05, 4.69) is 40.5 Å². The third kappa shape index (κ3) is 9.12. The Balaban J connectivity index is 0.000000216. The van der Waals surface area contributed by atoms with Crippen LogP contribution >= 0.6 is 35.6 Å². The molecule has 49 heavy (non-hydrogen) atoms. The number of nitrogens with zero attached hydrogens (tertiary/aromatic N) is 6. The van der Waals surface area contributed by atoms with Crippen molar-refractivity contribution in [2.45, 2.75) is 31.5 Å². The van der Waals surface area contributed by atoms with Gasteiger partial charge in [0.2, 0.25) is 0 Å². The highest BCUT2D eigenvalue weighted by Gasteiger charge is 2.33. The molecule has 0 radical (unpaired) electrons. The number of pyridine rings is 2. The average Bonchev–Trinajstić information content (AvgIpc) is 3.11. The number of piperazine rings is 2. The number of anilines is 2. The summed E-state index contributed by atoms with van der Waals surface area (Å²) in [5.41, 5.74) is -0.220. The van der Waals surface area contributed by atoms with Crippen molar-refractivity contribution in [2.75, 3.05) is 56.2 Å². The highest BCUT2D eigenvalue weighted by atomic mass is 35.5. The molecule has 0 amide bonds. The zero-order valence-electron chi connectivity index (χ0n) is 26.9. The number of nitrogens with one attached hydrogen (secondary N) is 4. The fourth-order valence-corrected chi connectivity index (χ4v) is 5.68. The maximum atomic E-state index is 12.2. The molecule has 4 aromatic heterocycles. The standard InChI is InChI=1S/C16H20ClN5O2.C15H16ClN5O3.ClH/c1-16(2,24)11-9-22(8-7-19-11)14-12(17)15(23)21-13(20-14)10-3-5-18-6-4-10;1-24-15(23)10-8-21(7-6-18-10)13-11(16)14(22)20-12(19-13)9-2-4-17-5-3-9;/h3-6,11,19,24H,7-9H2,1-2H3,(H,20,21,23);2-5,10,18H,6-8H2,1H3,(H,19,20,22);1H/t11-;10-;/m00./s1. The number of hydrogen-bond donors (Lipinski definition) is 5. The van der Waals surface area contributed by atoms with E-state index in [1.165, 1.54) is 7.11 Å². The van der Waals surface area contributed by atoms with E-state index in [0.717, 1.165) is 11.1 Å². The van der Waals surface area contributed by atoms with Gasteiger partial charge in [0.1, 0.15) is 27.7 Å². The molecule has 0 aromatic carbocycles. The Morgan fingerprint density at radius 3 is 1.73 bits per heavy atom. The lowest BCUT2D eigenvalue weighted by atomic mass is 9.97. The van der Waals surface area contributed by atoms with Crippen molar-refractivity contribution in [1.29, 1.82) is 0 Å². The van der Waals surface area contributed by atoms with Gasteiger partial charge in [-0.25, -0.2) is 9.97 Å². The van der Waals surface area contributed by atoms with Crippen LogP contribution in [0.1, 0.15) is 13.8 Å². The predicted octanol–water partition coefficient (Wildman–Crippen LogP) is 1.89. The van der Waals surface area contributed by atoms with Crippen molar-refractivity contribution in [2.24, 2.45) is 0 Å². The number of hydrogen-bond acceptors (Lipinski definition) is 13. The molecule has 15 nitrogen and oxygen atoms in total. The number of carbonyl (C=O) groups excluding carboxylic acids is 1. The number of esters is 1. The van der Waals surface area contributed by atoms with Gasteiger partial charge in [-0.2, -0.15) is 0 Å². The summed E-state index contributed by atoms with van der Waals surface area (Å²) in [5.74, 6) is 1.26. The molecule has 2 aliphatic heterocycles. The van der Waals surface area contributed by atoms with Crippen molar-refractivity contribution in [3.8, 4) is 22.8 Å². The van der Waals surface area contributed by atoms with E-state index in [-0.39, 0.29) is 40.0 Å². The number of ether oxygens (including phenoxy) is 1. The van der Waals surface area contributed by atoms with Gasteiger partial charge in [0.25, 0.3) is 11.1 Å². The van der Waals surface area contributed by atoms with Crippen molar-refractivity contribution < 1.29 is 14.6 Å². The van der Waals surface area contributed by atoms with Crippen LogP contribution in [0.3, 0.4) is 0 Å². The van der Waals surface area contributed by atoms with Crippen molar-refractivity contribution in [3.05, 3.63) is 79.8 Å². The van der Waals surface area contributed by atoms with Crippen LogP contribution < -0.4 is 31.6 Å². The molecule has 0 bridgehead atoms. The number of carbonyl (C=O) groups is 1.